The second-order valence-electron chi connectivity index (χ2n) is 7.85. The van der Waals surface area contributed by atoms with Crippen LogP contribution in [0.15, 0.2) is 0 Å². The van der Waals surface area contributed by atoms with Gasteiger partial charge in [-0.2, -0.15) is 0 Å². The minimum Gasteiger partial charge on any atom is -0.332 e. The Hall–Kier alpha value is -0.530. The number of carbonyl (C=O) groups is 1. The molecule has 2 heteroatoms. The van der Waals surface area contributed by atoms with Gasteiger partial charge >= 0.3 is 0 Å². The second kappa shape index (κ2) is 2.57. The molecule has 0 aromatic carbocycles. The molecule has 2 nitrogen and oxygen atoms in total. The van der Waals surface area contributed by atoms with Crippen molar-refractivity contribution < 1.29 is 4.79 Å². The molecule has 1 saturated carbocycles. The molecule has 2 unspecified atom stereocenters. The number of rotatable bonds is 0. The Kier molecular flexibility index (Phi) is 1.96. The Morgan fingerprint density at radius 3 is 1.29 bits per heavy atom. The second-order valence-corrected chi connectivity index (χ2v) is 7.85. The van der Waals surface area contributed by atoms with Crippen LogP contribution < -0.4 is 0 Å². The summed E-state index contributed by atoms with van der Waals surface area (Å²) in [4.78, 5) is 14.2. The Bertz CT molecular complexity index is 377. The van der Waals surface area contributed by atoms with Crippen molar-refractivity contribution in [2.24, 2.45) is 16.2 Å². The molecule has 0 aromatic rings. The zero-order valence-corrected chi connectivity index (χ0v) is 12.9. The number of amides is 1. The lowest BCUT2D eigenvalue weighted by Crippen LogP contribution is -2.58. The molecular formula is C15H27NO. The number of fused-ring (bicyclic) bond motifs is 1. The molecule has 2 atom stereocenters. The van der Waals surface area contributed by atoms with E-state index in [1.165, 1.54) is 0 Å². The largest absolute Gasteiger partial charge is 0.332 e. The molecule has 0 bridgehead atoms. The fourth-order valence-electron chi connectivity index (χ4n) is 6.03. The predicted molar refractivity (Wildman–Crippen MR) is 70.7 cm³/mol. The fraction of sp³-hybridized carbons (Fsp3) is 0.933. The van der Waals surface area contributed by atoms with Gasteiger partial charge in [0.15, 0.2) is 0 Å². The van der Waals surface area contributed by atoms with Crippen LogP contribution in [0.4, 0.5) is 0 Å². The minimum atomic E-state index is -0.0828. The van der Waals surface area contributed by atoms with Crippen molar-refractivity contribution in [3.8, 4) is 0 Å². The van der Waals surface area contributed by atoms with E-state index in [1.54, 1.807) is 6.92 Å². The van der Waals surface area contributed by atoms with Gasteiger partial charge in [-0.15, -0.1) is 0 Å². The summed E-state index contributed by atoms with van der Waals surface area (Å²) in [6.45, 7) is 20.1. The molecule has 1 aliphatic carbocycles. The van der Waals surface area contributed by atoms with E-state index in [0.717, 1.165) is 0 Å². The first-order valence-electron chi connectivity index (χ1n) is 6.62. The number of likely N-dealkylation sites (tertiary alicyclic amines) is 1. The SMILES string of the molecule is CC(=O)N1C(C)(C)C2(C)C(C)(C)C2(C)C1(C)C. The van der Waals surface area contributed by atoms with Gasteiger partial charge in [0.25, 0.3) is 0 Å². The maximum absolute atomic E-state index is 12.1. The molecule has 0 aromatic heterocycles. The van der Waals surface area contributed by atoms with Crippen molar-refractivity contribution in [3.05, 3.63) is 0 Å². The van der Waals surface area contributed by atoms with Gasteiger partial charge in [-0.25, -0.2) is 0 Å². The van der Waals surface area contributed by atoms with Gasteiger partial charge in [0, 0.05) is 28.8 Å². The monoisotopic (exact) mass is 237 g/mol. The number of nitrogens with zero attached hydrogens (tertiary/aromatic N) is 1. The normalized spacial score (nSPS) is 44.4. The maximum Gasteiger partial charge on any atom is 0.220 e. The molecule has 1 saturated heterocycles. The number of piperidine rings is 1. The van der Waals surface area contributed by atoms with Crippen molar-refractivity contribution >= 4 is 5.91 Å². The molecule has 2 rings (SSSR count). The first-order valence-corrected chi connectivity index (χ1v) is 6.62. The standard InChI is InChI=1S/C15H27NO/c1-10(17)16-12(4,5)14(8)11(2,3)15(14,9)13(16,6)7/h1-9H3. The fourth-order valence-corrected chi connectivity index (χ4v) is 6.03. The third kappa shape index (κ3) is 0.821. The summed E-state index contributed by atoms with van der Waals surface area (Å²) < 4.78 is 0. The highest BCUT2D eigenvalue weighted by atomic mass is 16.2. The van der Waals surface area contributed by atoms with Crippen LogP contribution in [-0.4, -0.2) is 21.9 Å². The van der Waals surface area contributed by atoms with E-state index < -0.39 is 0 Å². The minimum absolute atomic E-state index is 0.0828. The molecule has 1 amide bonds. The Labute approximate surface area is 106 Å². The number of hydrogen-bond donors (Lipinski definition) is 0. The lowest BCUT2D eigenvalue weighted by molar-refractivity contribution is -0.143. The lowest BCUT2D eigenvalue weighted by atomic mass is 9.78. The molecule has 2 aliphatic rings. The van der Waals surface area contributed by atoms with Crippen LogP contribution >= 0.6 is 0 Å². The summed E-state index contributed by atoms with van der Waals surface area (Å²) in [5, 5.41) is 0. The predicted octanol–water partition coefficient (Wildman–Crippen LogP) is 3.46. The van der Waals surface area contributed by atoms with Gasteiger partial charge < -0.3 is 4.90 Å². The van der Waals surface area contributed by atoms with Gasteiger partial charge in [0.1, 0.15) is 0 Å². The summed E-state index contributed by atoms with van der Waals surface area (Å²) >= 11 is 0. The van der Waals surface area contributed by atoms with E-state index in [1.807, 2.05) is 0 Å². The van der Waals surface area contributed by atoms with Crippen LogP contribution in [-0.2, 0) is 4.79 Å². The van der Waals surface area contributed by atoms with Gasteiger partial charge in [0.2, 0.25) is 5.91 Å². The van der Waals surface area contributed by atoms with E-state index in [9.17, 15) is 4.79 Å². The van der Waals surface area contributed by atoms with E-state index in [2.05, 4.69) is 60.3 Å². The van der Waals surface area contributed by atoms with Gasteiger partial charge in [-0.1, -0.05) is 27.7 Å². The molecule has 1 heterocycles. The van der Waals surface area contributed by atoms with Gasteiger partial charge in [-0.05, 0) is 33.1 Å². The first-order chi connectivity index (χ1) is 7.32. The summed E-state index contributed by atoms with van der Waals surface area (Å²) in [7, 11) is 0. The van der Waals surface area contributed by atoms with Crippen LogP contribution in [0.25, 0.3) is 0 Å². The summed E-state index contributed by atoms with van der Waals surface area (Å²) in [5.41, 5.74) is 0.477. The molecule has 0 N–H and O–H groups in total. The highest BCUT2D eigenvalue weighted by Gasteiger charge is 2.92. The average molecular weight is 237 g/mol. The van der Waals surface area contributed by atoms with E-state index in [0.29, 0.717) is 0 Å². The number of carbonyl (C=O) groups excluding carboxylic acids is 1. The van der Waals surface area contributed by atoms with Crippen LogP contribution in [0, 0.1) is 16.2 Å². The zero-order valence-electron chi connectivity index (χ0n) is 12.9. The maximum atomic E-state index is 12.1. The summed E-state index contributed by atoms with van der Waals surface area (Å²) in [6.07, 6.45) is 0. The molecule has 0 spiro atoms. The molecule has 98 valence electrons. The quantitative estimate of drug-likeness (QED) is 0.632. The molecule has 17 heavy (non-hydrogen) atoms. The van der Waals surface area contributed by atoms with Crippen LogP contribution in [0.2, 0.25) is 0 Å². The number of hydrogen-bond acceptors (Lipinski definition) is 1. The Balaban J connectivity index is 2.69. The van der Waals surface area contributed by atoms with E-state index in [4.69, 9.17) is 0 Å². The first kappa shape index (κ1) is 12.9. The van der Waals surface area contributed by atoms with Crippen molar-refractivity contribution in [2.45, 2.75) is 73.4 Å². The topological polar surface area (TPSA) is 20.3 Å². The van der Waals surface area contributed by atoms with Gasteiger partial charge in [0.05, 0.1) is 0 Å². The van der Waals surface area contributed by atoms with Crippen LogP contribution in [0.5, 0.6) is 0 Å². The Morgan fingerprint density at radius 2 is 1.06 bits per heavy atom. The highest BCUT2D eigenvalue weighted by Crippen LogP contribution is 2.90. The third-order valence-corrected chi connectivity index (χ3v) is 7.32. The summed E-state index contributed by atoms with van der Waals surface area (Å²) in [5.74, 6) is 0.199. The van der Waals surface area contributed by atoms with Crippen molar-refractivity contribution in [1.29, 1.82) is 0 Å². The molecule has 0 radical (unpaired) electrons. The van der Waals surface area contributed by atoms with Crippen LogP contribution in [0.3, 0.4) is 0 Å². The molecular weight excluding hydrogens is 210 g/mol. The Morgan fingerprint density at radius 1 is 0.765 bits per heavy atom. The van der Waals surface area contributed by atoms with Gasteiger partial charge in [-0.3, -0.25) is 4.79 Å². The smallest absolute Gasteiger partial charge is 0.220 e. The third-order valence-electron chi connectivity index (χ3n) is 7.32. The summed E-state index contributed by atoms with van der Waals surface area (Å²) in [6, 6.07) is 0. The molecule has 1 aliphatic heterocycles. The van der Waals surface area contributed by atoms with Crippen molar-refractivity contribution in [3.63, 3.8) is 0 Å². The van der Waals surface area contributed by atoms with E-state index in [-0.39, 0.29) is 33.2 Å². The van der Waals surface area contributed by atoms with Crippen LogP contribution in [0.1, 0.15) is 62.3 Å². The van der Waals surface area contributed by atoms with Crippen molar-refractivity contribution in [2.75, 3.05) is 0 Å². The zero-order chi connectivity index (χ0) is 13.7. The average Bonchev–Trinajstić information content (AvgIpc) is 2.41. The lowest BCUT2D eigenvalue weighted by Gasteiger charge is -2.49. The highest BCUT2D eigenvalue weighted by molar-refractivity contribution is 5.77. The van der Waals surface area contributed by atoms with Crippen molar-refractivity contribution in [1.82, 2.24) is 4.90 Å². The van der Waals surface area contributed by atoms with E-state index >= 15 is 0 Å². The molecule has 2 fully saturated rings.